The summed E-state index contributed by atoms with van der Waals surface area (Å²) in [5.74, 6) is -0.121. The summed E-state index contributed by atoms with van der Waals surface area (Å²) in [5.41, 5.74) is 13.8. The number of nitrogens with two attached hydrogens (primary N) is 2. The number of guanidine groups is 2. The van der Waals surface area contributed by atoms with Crippen molar-refractivity contribution in [1.82, 2.24) is 14.8 Å². The Morgan fingerprint density at radius 3 is 1.83 bits per heavy atom. The second kappa shape index (κ2) is 14.3. The SMILES string of the molecule is CN1C(=O)C(c2ccccc2)(c2cc(-c3cccnc3)cs2)N=C1N.CN1C(=O)C(c2ccccc2)(c2cccc(NS(=O)(=O)c3cccs3)c2)N=C1N. The van der Waals surface area contributed by atoms with E-state index in [0.29, 0.717) is 16.8 Å². The van der Waals surface area contributed by atoms with Crippen molar-refractivity contribution < 1.29 is 18.0 Å². The molecule has 2 atom stereocenters. The summed E-state index contributed by atoms with van der Waals surface area (Å²) in [6.07, 6.45) is 3.55. The number of carbonyl (C=O) groups excluding carboxylic acids is 2. The van der Waals surface area contributed by atoms with Crippen LogP contribution in [0, 0.1) is 0 Å². The predicted octanol–water partition coefficient (Wildman–Crippen LogP) is 5.42. The van der Waals surface area contributed by atoms with Crippen LogP contribution < -0.4 is 16.2 Å². The largest absolute Gasteiger partial charge is 0.369 e. The molecule has 2 unspecified atom stereocenters. The molecule has 0 aliphatic carbocycles. The van der Waals surface area contributed by atoms with Crippen molar-refractivity contribution in [2.75, 3.05) is 18.8 Å². The molecular formula is C39H34N8O4S3. The zero-order valence-corrected chi connectivity index (χ0v) is 31.5. The summed E-state index contributed by atoms with van der Waals surface area (Å²) in [6.45, 7) is 0. The molecule has 12 nitrogen and oxygen atoms in total. The smallest absolute Gasteiger partial charge is 0.271 e. The maximum atomic E-state index is 13.2. The van der Waals surface area contributed by atoms with E-state index in [0.717, 1.165) is 32.9 Å². The number of amides is 2. The number of nitrogens with zero attached hydrogens (tertiary/aromatic N) is 5. The molecule has 0 spiro atoms. The first-order valence-corrected chi connectivity index (χ1v) is 19.8. The van der Waals surface area contributed by atoms with Crippen LogP contribution in [0.1, 0.15) is 21.6 Å². The molecule has 3 aromatic heterocycles. The third-order valence-corrected chi connectivity index (χ3v) is 12.9. The topological polar surface area (TPSA) is 176 Å². The maximum absolute atomic E-state index is 13.2. The molecule has 5 N–H and O–H groups in total. The molecule has 6 aromatic rings. The van der Waals surface area contributed by atoms with Gasteiger partial charge in [0.05, 0.1) is 0 Å². The molecule has 0 bridgehead atoms. The lowest BCUT2D eigenvalue weighted by Gasteiger charge is -2.26. The fourth-order valence-electron chi connectivity index (χ4n) is 6.32. The van der Waals surface area contributed by atoms with Crippen LogP contribution in [-0.4, -0.2) is 61.0 Å². The number of anilines is 1. The highest BCUT2D eigenvalue weighted by Crippen LogP contribution is 2.44. The monoisotopic (exact) mass is 774 g/mol. The Morgan fingerprint density at radius 2 is 1.28 bits per heavy atom. The van der Waals surface area contributed by atoms with Gasteiger partial charge in [-0.25, -0.2) is 18.4 Å². The Bertz CT molecular complexity index is 2490. The molecule has 2 aliphatic rings. The number of likely N-dealkylation sites (N-methyl/N-ethyl adjacent to an activating group) is 2. The van der Waals surface area contributed by atoms with Crippen LogP contribution in [0.4, 0.5) is 5.69 Å². The van der Waals surface area contributed by atoms with E-state index in [4.69, 9.17) is 11.5 Å². The molecule has 272 valence electrons. The normalized spacial score (nSPS) is 19.6. The maximum Gasteiger partial charge on any atom is 0.271 e. The first-order valence-electron chi connectivity index (χ1n) is 16.5. The minimum Gasteiger partial charge on any atom is -0.369 e. The standard InChI is InChI=1S/C20H18N4O3S2.C19H16N4OS/c1-24-18(25)20(22-19(24)21,14-7-3-2-4-8-14)15-9-5-10-16(13-15)23-29(26,27)17-11-6-12-28-17;1-23-17(24)19(22-18(23)20,15-7-3-2-4-8-15)16-10-14(12-25-16)13-6-5-9-21-11-13/h2-13,23H,1H3,(H2,21,22);2-12H,1H3,(H2,20,22). The Kier molecular flexibility index (Phi) is 9.62. The third-order valence-electron chi connectivity index (χ3n) is 9.11. The Labute approximate surface area is 320 Å². The van der Waals surface area contributed by atoms with Gasteiger partial charge in [0.2, 0.25) is 5.54 Å². The van der Waals surface area contributed by atoms with Gasteiger partial charge in [0, 0.05) is 42.6 Å². The molecule has 8 rings (SSSR count). The number of carbonyl (C=O) groups is 2. The van der Waals surface area contributed by atoms with E-state index in [1.807, 2.05) is 72.1 Å². The zero-order chi connectivity index (χ0) is 38.1. The summed E-state index contributed by atoms with van der Waals surface area (Å²) in [6, 6.07) is 34.4. The fourth-order valence-corrected chi connectivity index (χ4v) is 9.43. The number of sulfonamides is 1. The number of thiophene rings is 2. The minimum absolute atomic E-state index is 0.100. The first kappa shape index (κ1) is 36.2. The van der Waals surface area contributed by atoms with Gasteiger partial charge < -0.3 is 11.5 Å². The second-order valence-electron chi connectivity index (χ2n) is 12.4. The van der Waals surface area contributed by atoms with Crippen LogP contribution in [0.2, 0.25) is 0 Å². The lowest BCUT2D eigenvalue weighted by molar-refractivity contribution is -0.130. The molecule has 15 heteroatoms. The number of nitrogens with one attached hydrogen (secondary N) is 1. The Balaban J connectivity index is 0.000000168. The summed E-state index contributed by atoms with van der Waals surface area (Å²) < 4.78 is 28.0. The highest BCUT2D eigenvalue weighted by Gasteiger charge is 2.51. The van der Waals surface area contributed by atoms with E-state index in [1.54, 1.807) is 74.3 Å². The number of rotatable bonds is 8. The lowest BCUT2D eigenvalue weighted by Crippen LogP contribution is -2.41. The van der Waals surface area contributed by atoms with Gasteiger partial charge in [-0.15, -0.1) is 22.7 Å². The molecule has 0 radical (unpaired) electrons. The van der Waals surface area contributed by atoms with Gasteiger partial charge >= 0.3 is 0 Å². The Hall–Kier alpha value is -6.16. The molecule has 0 saturated carbocycles. The first-order chi connectivity index (χ1) is 26.0. The predicted molar refractivity (Wildman–Crippen MR) is 212 cm³/mol. The average molecular weight is 775 g/mol. The molecular weight excluding hydrogens is 741 g/mol. The fraction of sp³-hybridized carbons (Fsp3) is 0.103. The van der Waals surface area contributed by atoms with Crippen LogP contribution in [0.15, 0.2) is 153 Å². The van der Waals surface area contributed by atoms with Crippen molar-refractivity contribution >= 4 is 62.1 Å². The van der Waals surface area contributed by atoms with E-state index in [9.17, 15) is 18.0 Å². The van der Waals surface area contributed by atoms with Crippen molar-refractivity contribution in [1.29, 1.82) is 0 Å². The van der Waals surface area contributed by atoms with Crippen LogP contribution in [-0.2, 0) is 30.7 Å². The van der Waals surface area contributed by atoms with E-state index >= 15 is 0 Å². The van der Waals surface area contributed by atoms with Crippen LogP contribution in [0.5, 0.6) is 0 Å². The third kappa shape index (κ3) is 6.31. The van der Waals surface area contributed by atoms with Crippen LogP contribution >= 0.6 is 22.7 Å². The quantitative estimate of drug-likeness (QED) is 0.185. The van der Waals surface area contributed by atoms with Gasteiger partial charge in [0.15, 0.2) is 17.5 Å². The van der Waals surface area contributed by atoms with Gasteiger partial charge in [0.25, 0.3) is 21.8 Å². The van der Waals surface area contributed by atoms with E-state index < -0.39 is 21.1 Å². The highest BCUT2D eigenvalue weighted by molar-refractivity contribution is 7.94. The average Bonchev–Trinajstić information content (AvgIpc) is 4.00. The lowest BCUT2D eigenvalue weighted by atomic mass is 9.82. The summed E-state index contributed by atoms with van der Waals surface area (Å²) >= 11 is 2.63. The molecule has 5 heterocycles. The van der Waals surface area contributed by atoms with Crippen molar-refractivity contribution in [2.24, 2.45) is 21.5 Å². The molecule has 2 amide bonds. The van der Waals surface area contributed by atoms with Gasteiger partial charge in [-0.3, -0.25) is 29.1 Å². The van der Waals surface area contributed by atoms with Crippen molar-refractivity contribution in [3.05, 3.63) is 160 Å². The minimum atomic E-state index is -3.72. The number of pyridine rings is 1. The molecule has 54 heavy (non-hydrogen) atoms. The molecule has 2 aliphatic heterocycles. The molecule has 0 saturated heterocycles. The summed E-state index contributed by atoms with van der Waals surface area (Å²) in [5, 5.41) is 3.72. The van der Waals surface area contributed by atoms with Gasteiger partial charge in [0.1, 0.15) is 4.21 Å². The number of benzene rings is 3. The van der Waals surface area contributed by atoms with Gasteiger partial charge in [-0.2, -0.15) is 0 Å². The summed E-state index contributed by atoms with van der Waals surface area (Å²) in [4.78, 5) is 43.1. The highest BCUT2D eigenvalue weighted by atomic mass is 32.2. The second-order valence-corrected chi connectivity index (χ2v) is 16.1. The van der Waals surface area contributed by atoms with E-state index in [-0.39, 0.29) is 27.9 Å². The van der Waals surface area contributed by atoms with Crippen LogP contribution in [0.25, 0.3) is 11.1 Å². The zero-order valence-electron chi connectivity index (χ0n) is 29.0. The molecule has 3 aromatic carbocycles. The summed E-state index contributed by atoms with van der Waals surface area (Å²) in [7, 11) is -0.498. The number of aliphatic imine (C=N–C) groups is 2. The number of aromatic nitrogens is 1. The van der Waals surface area contributed by atoms with Gasteiger partial charge in [-0.1, -0.05) is 84.9 Å². The van der Waals surface area contributed by atoms with Gasteiger partial charge in [-0.05, 0) is 63.3 Å². The van der Waals surface area contributed by atoms with Crippen molar-refractivity contribution in [2.45, 2.75) is 15.3 Å². The molecule has 0 fully saturated rings. The Morgan fingerprint density at radius 1 is 0.667 bits per heavy atom. The number of hydrogen-bond acceptors (Lipinski definition) is 11. The van der Waals surface area contributed by atoms with Crippen molar-refractivity contribution in [3.63, 3.8) is 0 Å². The van der Waals surface area contributed by atoms with Crippen LogP contribution in [0.3, 0.4) is 0 Å². The van der Waals surface area contributed by atoms with E-state index in [1.165, 1.54) is 27.2 Å². The number of hydrogen-bond donors (Lipinski definition) is 3. The van der Waals surface area contributed by atoms with E-state index in [2.05, 4.69) is 19.7 Å². The van der Waals surface area contributed by atoms with Crippen molar-refractivity contribution in [3.8, 4) is 11.1 Å².